The van der Waals surface area contributed by atoms with Crippen LogP contribution in [0.2, 0.25) is 5.02 Å². The van der Waals surface area contributed by atoms with Crippen molar-refractivity contribution in [1.82, 2.24) is 10.3 Å². The predicted molar refractivity (Wildman–Crippen MR) is 134 cm³/mol. The van der Waals surface area contributed by atoms with Gasteiger partial charge in [0.15, 0.2) is 0 Å². The quantitative estimate of drug-likeness (QED) is 0.684. The number of ether oxygens (including phenoxy) is 1. The minimum Gasteiger partial charge on any atom is -0.379 e. The maximum atomic E-state index is 12.8. The lowest BCUT2D eigenvalue weighted by Gasteiger charge is -2.34. The van der Waals surface area contributed by atoms with E-state index >= 15 is 0 Å². The second-order valence-electron chi connectivity index (χ2n) is 10.0. The zero-order chi connectivity index (χ0) is 23.9. The molecule has 0 bridgehead atoms. The highest BCUT2D eigenvalue weighted by Crippen LogP contribution is 2.44. The zero-order valence-electron chi connectivity index (χ0n) is 19.5. The summed E-state index contributed by atoms with van der Waals surface area (Å²) in [4.78, 5) is 17.5. The number of hydrogen-bond donors (Lipinski definition) is 1. The molecule has 2 aliphatic heterocycles. The number of anilines is 1. The molecule has 0 radical (unpaired) electrons. The fourth-order valence-electron chi connectivity index (χ4n) is 6.20. The van der Waals surface area contributed by atoms with Crippen LogP contribution in [-0.4, -0.2) is 41.9 Å². The first-order chi connectivity index (χ1) is 17.1. The molecule has 1 saturated carbocycles. The molecule has 1 aromatic heterocycles. The van der Waals surface area contributed by atoms with Gasteiger partial charge in [0.05, 0.1) is 46.4 Å². The summed E-state index contributed by atoms with van der Waals surface area (Å²) in [6, 6.07) is 11.9. The molecule has 180 valence electrons. The van der Waals surface area contributed by atoms with Gasteiger partial charge in [-0.3, -0.25) is 9.80 Å². The standard InChI is InChI=1S/C27H28ClN5O2/c28-22-13-19(6-5-17(22)14-29)33-26(16-3-1-2-4-16)21-8-9-23-20(25(21)32-33)7-10-24(31-23)27(34)30-18-11-12-35-15-18/h5-7,10,13,16,18,21,26H,1-4,8-9,11-12,15H2,(H,30,34). The van der Waals surface area contributed by atoms with E-state index in [0.717, 1.165) is 41.9 Å². The first-order valence-electron chi connectivity index (χ1n) is 12.6. The molecule has 2 fully saturated rings. The molecule has 1 aromatic carbocycles. The number of rotatable bonds is 4. The van der Waals surface area contributed by atoms with Gasteiger partial charge in [-0.25, -0.2) is 4.98 Å². The number of nitriles is 1. The fourth-order valence-corrected chi connectivity index (χ4v) is 6.41. The average Bonchev–Trinajstić information content (AvgIpc) is 3.64. The molecule has 3 atom stereocenters. The second kappa shape index (κ2) is 9.25. The van der Waals surface area contributed by atoms with E-state index in [1.54, 1.807) is 6.07 Å². The van der Waals surface area contributed by atoms with Crippen LogP contribution in [0, 0.1) is 23.2 Å². The van der Waals surface area contributed by atoms with E-state index in [2.05, 4.69) is 16.4 Å². The number of pyridine rings is 1. The predicted octanol–water partition coefficient (Wildman–Crippen LogP) is 4.47. The molecule has 4 aliphatic rings. The zero-order valence-corrected chi connectivity index (χ0v) is 20.3. The lowest BCUT2D eigenvalue weighted by molar-refractivity contribution is 0.0924. The summed E-state index contributed by atoms with van der Waals surface area (Å²) in [6.45, 7) is 1.25. The number of amides is 1. The first-order valence-corrected chi connectivity index (χ1v) is 13.0. The van der Waals surface area contributed by atoms with Crippen LogP contribution in [0.3, 0.4) is 0 Å². The van der Waals surface area contributed by atoms with Gasteiger partial charge in [-0.05, 0) is 68.4 Å². The van der Waals surface area contributed by atoms with Crippen molar-refractivity contribution in [2.24, 2.45) is 16.9 Å². The van der Waals surface area contributed by atoms with Crippen LogP contribution in [0.4, 0.5) is 5.69 Å². The third kappa shape index (κ3) is 4.09. The van der Waals surface area contributed by atoms with Gasteiger partial charge in [-0.2, -0.15) is 10.4 Å². The van der Waals surface area contributed by atoms with E-state index < -0.39 is 0 Å². The Morgan fingerprint density at radius 3 is 2.77 bits per heavy atom. The van der Waals surface area contributed by atoms with Crippen LogP contribution in [0.15, 0.2) is 35.4 Å². The highest BCUT2D eigenvalue weighted by Gasteiger charge is 2.46. The molecule has 8 heteroatoms. The van der Waals surface area contributed by atoms with Gasteiger partial charge in [0.2, 0.25) is 0 Å². The summed E-state index contributed by atoms with van der Waals surface area (Å²) in [7, 11) is 0. The van der Waals surface area contributed by atoms with Crippen molar-refractivity contribution in [3.05, 3.63) is 57.9 Å². The number of fused-ring (bicyclic) bond motifs is 3. The van der Waals surface area contributed by atoms with E-state index in [9.17, 15) is 10.1 Å². The summed E-state index contributed by atoms with van der Waals surface area (Å²) in [6.07, 6.45) is 7.56. The summed E-state index contributed by atoms with van der Waals surface area (Å²) < 4.78 is 5.37. The van der Waals surface area contributed by atoms with Crippen molar-refractivity contribution >= 4 is 28.9 Å². The van der Waals surface area contributed by atoms with E-state index in [0.29, 0.717) is 41.3 Å². The lowest BCUT2D eigenvalue weighted by atomic mass is 9.76. The highest BCUT2D eigenvalue weighted by molar-refractivity contribution is 6.32. The van der Waals surface area contributed by atoms with Crippen LogP contribution < -0.4 is 10.3 Å². The Hall–Kier alpha value is -2.95. The minimum absolute atomic E-state index is 0.0592. The molecule has 2 aromatic rings. The van der Waals surface area contributed by atoms with E-state index in [1.165, 1.54) is 25.7 Å². The topological polar surface area (TPSA) is 90.6 Å². The molecule has 7 nitrogen and oxygen atoms in total. The SMILES string of the molecule is N#Cc1ccc(N2N=C3c4ccc(C(=O)NC5CCOC5)nc4CCC3C2C2CCCC2)cc1Cl. The monoisotopic (exact) mass is 489 g/mol. The van der Waals surface area contributed by atoms with Crippen molar-refractivity contribution in [3.8, 4) is 6.07 Å². The number of nitrogens with zero attached hydrogens (tertiary/aromatic N) is 4. The number of hydrogen-bond acceptors (Lipinski definition) is 6. The molecule has 1 amide bonds. The summed E-state index contributed by atoms with van der Waals surface area (Å²) >= 11 is 6.40. The number of carbonyl (C=O) groups excluding carboxylic acids is 1. The largest absolute Gasteiger partial charge is 0.379 e. The summed E-state index contributed by atoms with van der Waals surface area (Å²) in [5.74, 6) is 0.748. The van der Waals surface area contributed by atoms with Gasteiger partial charge < -0.3 is 10.1 Å². The number of halogens is 1. The Kier molecular flexibility index (Phi) is 5.95. The maximum absolute atomic E-state index is 12.8. The molecular formula is C27H28ClN5O2. The Bertz CT molecular complexity index is 1230. The number of nitrogens with one attached hydrogen (secondary N) is 1. The molecule has 1 N–H and O–H groups in total. The Labute approximate surface area is 210 Å². The third-order valence-electron chi connectivity index (χ3n) is 7.92. The van der Waals surface area contributed by atoms with Crippen molar-refractivity contribution < 1.29 is 9.53 Å². The molecular weight excluding hydrogens is 462 g/mol. The maximum Gasteiger partial charge on any atom is 0.270 e. The van der Waals surface area contributed by atoms with Gasteiger partial charge in [0, 0.05) is 18.1 Å². The second-order valence-corrected chi connectivity index (χ2v) is 10.4. The van der Waals surface area contributed by atoms with Gasteiger partial charge in [0.1, 0.15) is 11.8 Å². The van der Waals surface area contributed by atoms with Crippen molar-refractivity contribution in [2.75, 3.05) is 18.2 Å². The van der Waals surface area contributed by atoms with Crippen LogP contribution in [0.1, 0.15) is 65.8 Å². The number of aromatic nitrogens is 1. The number of aryl methyl sites for hydroxylation is 1. The Morgan fingerprint density at radius 2 is 2.03 bits per heavy atom. The Balaban J connectivity index is 1.33. The third-order valence-corrected chi connectivity index (χ3v) is 8.23. The molecule has 1 saturated heterocycles. The summed E-state index contributed by atoms with van der Waals surface area (Å²) in [5.41, 5.74) is 4.91. The first kappa shape index (κ1) is 22.5. The van der Waals surface area contributed by atoms with Crippen molar-refractivity contribution in [3.63, 3.8) is 0 Å². The minimum atomic E-state index is -0.142. The van der Waals surface area contributed by atoms with E-state index in [-0.39, 0.29) is 18.0 Å². The lowest BCUT2D eigenvalue weighted by Crippen LogP contribution is -2.41. The Morgan fingerprint density at radius 1 is 1.17 bits per heavy atom. The van der Waals surface area contributed by atoms with E-state index in [1.807, 2.05) is 24.3 Å². The van der Waals surface area contributed by atoms with Crippen molar-refractivity contribution in [1.29, 1.82) is 5.26 Å². The average molecular weight is 490 g/mol. The van der Waals surface area contributed by atoms with Gasteiger partial charge in [-0.1, -0.05) is 24.4 Å². The summed E-state index contributed by atoms with van der Waals surface area (Å²) in [5, 5.41) is 20.1. The molecule has 3 heterocycles. The smallest absolute Gasteiger partial charge is 0.270 e. The van der Waals surface area contributed by atoms with Crippen LogP contribution >= 0.6 is 11.6 Å². The number of hydrazone groups is 1. The van der Waals surface area contributed by atoms with Crippen LogP contribution in [0.25, 0.3) is 0 Å². The molecule has 35 heavy (non-hydrogen) atoms. The highest BCUT2D eigenvalue weighted by atomic mass is 35.5. The van der Waals surface area contributed by atoms with Gasteiger partial charge in [-0.15, -0.1) is 0 Å². The molecule has 2 aliphatic carbocycles. The molecule has 0 spiro atoms. The number of benzene rings is 1. The van der Waals surface area contributed by atoms with Crippen LogP contribution in [0.5, 0.6) is 0 Å². The molecule has 3 unspecified atom stereocenters. The van der Waals surface area contributed by atoms with Gasteiger partial charge in [0.25, 0.3) is 5.91 Å². The van der Waals surface area contributed by atoms with Gasteiger partial charge >= 0.3 is 0 Å². The van der Waals surface area contributed by atoms with Crippen LogP contribution in [-0.2, 0) is 11.2 Å². The fraction of sp³-hybridized carbons (Fsp3) is 0.481. The number of carbonyl (C=O) groups is 1. The normalized spacial score (nSPS) is 25.7. The van der Waals surface area contributed by atoms with Crippen molar-refractivity contribution in [2.45, 2.75) is 57.0 Å². The molecule has 6 rings (SSSR count). The van der Waals surface area contributed by atoms with E-state index in [4.69, 9.17) is 26.4 Å².